The minimum Gasteiger partial charge on any atom is -0.336 e. The van der Waals surface area contributed by atoms with Gasteiger partial charge in [0.2, 0.25) is 0 Å². The van der Waals surface area contributed by atoms with Gasteiger partial charge in [0.15, 0.2) is 0 Å². The Morgan fingerprint density at radius 3 is 2.34 bits per heavy atom. The van der Waals surface area contributed by atoms with E-state index in [1.54, 1.807) is 53.4 Å². The molecule has 1 heterocycles. The van der Waals surface area contributed by atoms with Crippen LogP contribution in [0.3, 0.4) is 0 Å². The summed E-state index contributed by atoms with van der Waals surface area (Å²) in [5, 5.41) is 15.1. The number of benzene rings is 3. The van der Waals surface area contributed by atoms with E-state index in [1.807, 2.05) is 24.3 Å². The molecule has 3 aromatic rings. The first-order valence-corrected chi connectivity index (χ1v) is 9.22. The Morgan fingerprint density at radius 1 is 0.966 bits per heavy atom. The largest absolute Gasteiger partial charge is 0.336 e. The monoisotopic (exact) mass is 382 g/mol. The normalized spacial score (nSPS) is 12.9. The first-order valence-electron chi connectivity index (χ1n) is 9.22. The average Bonchev–Trinajstić information content (AvgIpc) is 3.20. The number of anilines is 2. The van der Waals surface area contributed by atoms with E-state index in [1.165, 1.54) is 0 Å². The molecule has 0 bridgehead atoms. The Kier molecular flexibility index (Phi) is 4.95. The van der Waals surface area contributed by atoms with Crippen LogP contribution in [0.25, 0.3) is 11.1 Å². The quantitative estimate of drug-likeness (QED) is 0.715. The van der Waals surface area contributed by atoms with E-state index in [2.05, 4.69) is 16.7 Å². The molecule has 6 nitrogen and oxygen atoms in total. The summed E-state index contributed by atoms with van der Waals surface area (Å²) >= 11 is 0. The highest BCUT2D eigenvalue weighted by molar-refractivity contribution is 6.09. The third kappa shape index (κ3) is 3.66. The van der Waals surface area contributed by atoms with Gasteiger partial charge >= 0.3 is 6.03 Å². The van der Waals surface area contributed by atoms with Gasteiger partial charge in [-0.3, -0.25) is 9.69 Å². The minimum atomic E-state index is -0.264. The van der Waals surface area contributed by atoms with Gasteiger partial charge in [-0.1, -0.05) is 36.4 Å². The number of hydrogen-bond acceptors (Lipinski definition) is 3. The Bertz CT molecular complexity index is 1120. The van der Waals surface area contributed by atoms with E-state index in [4.69, 9.17) is 0 Å². The van der Waals surface area contributed by atoms with Crippen LogP contribution in [-0.4, -0.2) is 25.0 Å². The van der Waals surface area contributed by atoms with Crippen molar-refractivity contribution < 1.29 is 9.59 Å². The van der Waals surface area contributed by atoms with Crippen molar-refractivity contribution >= 4 is 23.3 Å². The Hall–Kier alpha value is -4.11. The van der Waals surface area contributed by atoms with Gasteiger partial charge in [-0.05, 0) is 42.0 Å². The van der Waals surface area contributed by atoms with Gasteiger partial charge in [0.05, 0.1) is 11.6 Å². The number of nitrogens with zero attached hydrogens (tertiary/aromatic N) is 2. The molecule has 0 unspecified atom stereocenters. The number of hydrogen-bond donors (Lipinski definition) is 2. The van der Waals surface area contributed by atoms with Crippen LogP contribution in [0.2, 0.25) is 0 Å². The van der Waals surface area contributed by atoms with Crippen molar-refractivity contribution in [2.75, 3.05) is 23.3 Å². The standard InChI is InChI=1S/C23H18N4O2/c24-15-16-5-1-2-6-19(16)20-7-3-4-8-21(20)22(28)26-17-9-11-18(12-10-17)27-14-13-25-23(27)29/h1-12H,13-14H2,(H,25,29)(H,26,28). The molecule has 3 aromatic carbocycles. The molecule has 0 saturated carbocycles. The van der Waals surface area contributed by atoms with E-state index < -0.39 is 0 Å². The zero-order valence-corrected chi connectivity index (χ0v) is 15.6. The summed E-state index contributed by atoms with van der Waals surface area (Å²) < 4.78 is 0. The lowest BCUT2D eigenvalue weighted by Crippen LogP contribution is -2.27. The lowest BCUT2D eigenvalue weighted by molar-refractivity contribution is 0.102. The van der Waals surface area contributed by atoms with Crippen molar-refractivity contribution in [1.29, 1.82) is 5.26 Å². The van der Waals surface area contributed by atoms with Gasteiger partial charge in [0.1, 0.15) is 0 Å². The molecular formula is C23H18N4O2. The van der Waals surface area contributed by atoms with Gasteiger partial charge < -0.3 is 10.6 Å². The van der Waals surface area contributed by atoms with E-state index >= 15 is 0 Å². The van der Waals surface area contributed by atoms with Crippen LogP contribution in [0.1, 0.15) is 15.9 Å². The van der Waals surface area contributed by atoms with Crippen LogP contribution >= 0.6 is 0 Å². The second-order valence-electron chi connectivity index (χ2n) is 6.59. The second kappa shape index (κ2) is 7.87. The molecule has 1 aliphatic heterocycles. The smallest absolute Gasteiger partial charge is 0.321 e. The topological polar surface area (TPSA) is 85.2 Å². The number of nitriles is 1. The molecular weight excluding hydrogens is 364 g/mol. The van der Waals surface area contributed by atoms with Crippen molar-refractivity contribution in [3.8, 4) is 17.2 Å². The SMILES string of the molecule is N#Cc1ccccc1-c1ccccc1C(=O)Nc1ccc(N2CCNC2=O)cc1. The van der Waals surface area contributed by atoms with E-state index in [-0.39, 0.29) is 11.9 Å². The van der Waals surface area contributed by atoms with Crippen LogP contribution in [0.15, 0.2) is 72.8 Å². The number of urea groups is 1. The van der Waals surface area contributed by atoms with Gasteiger partial charge in [-0.15, -0.1) is 0 Å². The van der Waals surface area contributed by atoms with Crippen LogP contribution in [-0.2, 0) is 0 Å². The Labute approximate surface area is 168 Å². The molecule has 0 spiro atoms. The van der Waals surface area contributed by atoms with Crippen molar-refractivity contribution in [2.24, 2.45) is 0 Å². The van der Waals surface area contributed by atoms with E-state index in [9.17, 15) is 14.9 Å². The molecule has 1 fully saturated rings. The molecule has 0 aromatic heterocycles. The van der Waals surface area contributed by atoms with Crippen LogP contribution in [0.5, 0.6) is 0 Å². The summed E-state index contributed by atoms with van der Waals surface area (Å²) in [7, 11) is 0. The third-order valence-electron chi connectivity index (χ3n) is 4.80. The molecule has 3 amide bonds. The molecule has 4 rings (SSSR count). The van der Waals surface area contributed by atoms with Crippen molar-refractivity contribution in [3.63, 3.8) is 0 Å². The summed E-state index contributed by atoms with van der Waals surface area (Å²) in [5.41, 5.74) is 3.82. The molecule has 0 radical (unpaired) electrons. The molecule has 1 aliphatic rings. The van der Waals surface area contributed by atoms with Gasteiger partial charge in [0, 0.05) is 35.6 Å². The number of rotatable bonds is 4. The molecule has 142 valence electrons. The molecule has 0 aliphatic carbocycles. The highest BCUT2D eigenvalue weighted by atomic mass is 16.2. The van der Waals surface area contributed by atoms with Crippen molar-refractivity contribution in [3.05, 3.63) is 83.9 Å². The first kappa shape index (κ1) is 18.3. The van der Waals surface area contributed by atoms with Crippen LogP contribution < -0.4 is 15.5 Å². The maximum atomic E-state index is 12.9. The highest BCUT2D eigenvalue weighted by Gasteiger charge is 2.21. The van der Waals surface area contributed by atoms with Gasteiger partial charge in [-0.2, -0.15) is 5.26 Å². The molecule has 2 N–H and O–H groups in total. The van der Waals surface area contributed by atoms with Gasteiger partial charge in [0.25, 0.3) is 5.91 Å². The lowest BCUT2D eigenvalue weighted by atomic mass is 9.95. The molecule has 1 saturated heterocycles. The van der Waals surface area contributed by atoms with Gasteiger partial charge in [-0.25, -0.2) is 4.79 Å². The minimum absolute atomic E-state index is 0.119. The number of amides is 3. The zero-order valence-electron chi connectivity index (χ0n) is 15.6. The maximum absolute atomic E-state index is 12.9. The highest BCUT2D eigenvalue weighted by Crippen LogP contribution is 2.28. The fourth-order valence-corrected chi connectivity index (χ4v) is 3.37. The zero-order chi connectivity index (χ0) is 20.2. The lowest BCUT2D eigenvalue weighted by Gasteiger charge is -2.15. The number of carbonyl (C=O) groups is 2. The maximum Gasteiger partial charge on any atom is 0.321 e. The number of carbonyl (C=O) groups excluding carboxylic acids is 2. The predicted octanol–water partition coefficient (Wildman–Crippen LogP) is 4.01. The fraction of sp³-hybridized carbons (Fsp3) is 0.0870. The summed E-state index contributed by atoms with van der Waals surface area (Å²) in [6.45, 7) is 1.24. The van der Waals surface area contributed by atoms with E-state index in [0.717, 1.165) is 11.3 Å². The second-order valence-corrected chi connectivity index (χ2v) is 6.59. The van der Waals surface area contributed by atoms with E-state index in [0.29, 0.717) is 35.5 Å². The Morgan fingerprint density at radius 2 is 1.66 bits per heavy atom. The average molecular weight is 382 g/mol. The van der Waals surface area contributed by atoms with Crippen LogP contribution in [0, 0.1) is 11.3 Å². The molecule has 29 heavy (non-hydrogen) atoms. The molecule has 6 heteroatoms. The van der Waals surface area contributed by atoms with Crippen molar-refractivity contribution in [1.82, 2.24) is 5.32 Å². The number of nitrogens with one attached hydrogen (secondary N) is 2. The first-order chi connectivity index (χ1) is 14.2. The van der Waals surface area contributed by atoms with Crippen molar-refractivity contribution in [2.45, 2.75) is 0 Å². The summed E-state index contributed by atoms with van der Waals surface area (Å²) in [6.07, 6.45) is 0. The third-order valence-corrected chi connectivity index (χ3v) is 4.80. The Balaban J connectivity index is 1.58. The molecule has 0 atom stereocenters. The van der Waals surface area contributed by atoms with Crippen LogP contribution in [0.4, 0.5) is 16.2 Å². The summed E-state index contributed by atoms with van der Waals surface area (Å²) in [4.78, 5) is 26.4. The summed E-state index contributed by atoms with van der Waals surface area (Å²) in [6, 6.07) is 23.6. The fourth-order valence-electron chi connectivity index (χ4n) is 3.37. The predicted molar refractivity (Wildman–Crippen MR) is 112 cm³/mol. The summed E-state index contributed by atoms with van der Waals surface area (Å²) in [5.74, 6) is -0.264.